The Bertz CT molecular complexity index is 1260. The van der Waals surface area contributed by atoms with Crippen LogP contribution in [-0.2, 0) is 25.9 Å². The van der Waals surface area contributed by atoms with Crippen molar-refractivity contribution in [3.8, 4) is 22.3 Å². The third-order valence-electron chi connectivity index (χ3n) is 4.38. The number of para-hydroxylation sites is 1. The van der Waals surface area contributed by atoms with Crippen molar-refractivity contribution in [3.63, 3.8) is 0 Å². The summed E-state index contributed by atoms with van der Waals surface area (Å²) in [5, 5.41) is 9.39. The van der Waals surface area contributed by atoms with E-state index in [1.807, 2.05) is 36.4 Å². The van der Waals surface area contributed by atoms with Crippen LogP contribution in [0.25, 0.3) is 33.2 Å². The van der Waals surface area contributed by atoms with Crippen LogP contribution >= 0.6 is 0 Å². The predicted molar refractivity (Wildman–Crippen MR) is 118 cm³/mol. The molecule has 32 heavy (non-hydrogen) atoms. The van der Waals surface area contributed by atoms with Gasteiger partial charge in [-0.15, -0.1) is 29.8 Å². The number of rotatable bonds is 3. The van der Waals surface area contributed by atoms with Crippen molar-refractivity contribution in [2.75, 3.05) is 0 Å². The van der Waals surface area contributed by atoms with E-state index in [1.165, 1.54) is 32.1 Å². The number of carbonyl (C=O) groups is 1. The van der Waals surface area contributed by atoms with Gasteiger partial charge in [-0.3, -0.25) is 9.78 Å². The van der Waals surface area contributed by atoms with Gasteiger partial charge in [0.15, 0.2) is 5.78 Å². The van der Waals surface area contributed by atoms with E-state index < -0.39 is 11.6 Å². The monoisotopic (exact) mass is 611 g/mol. The average molecular weight is 612 g/mol. The molecule has 0 spiro atoms. The molecule has 3 nitrogen and oxygen atoms in total. The minimum absolute atomic E-state index is 0. The maximum absolute atomic E-state index is 14.1. The first-order valence-corrected chi connectivity index (χ1v) is 9.54. The summed E-state index contributed by atoms with van der Waals surface area (Å²) in [5.41, 5.74) is 3.65. The standard InChI is InChI=1S/C21H12F2N.C5H8O2.Pt/c22-17-9-10-18(20(23)13-17)15-5-1-6-16(12-15)19-8-2-4-14-7-3-11-24-21(14)19;1-4(6)3-5(2)7;/h1-5,7-13H;3,6H,1-2H3;/q-1;;/b;4-3-;. The molecule has 0 aliphatic rings. The van der Waals surface area contributed by atoms with Gasteiger partial charge in [-0.1, -0.05) is 41.5 Å². The van der Waals surface area contributed by atoms with Gasteiger partial charge >= 0.3 is 0 Å². The summed E-state index contributed by atoms with van der Waals surface area (Å²) in [4.78, 5) is 14.5. The number of nitrogens with zero attached hydrogens (tertiary/aromatic N) is 1. The van der Waals surface area contributed by atoms with Gasteiger partial charge in [0.2, 0.25) is 0 Å². The van der Waals surface area contributed by atoms with E-state index in [-0.39, 0.29) is 32.6 Å². The topological polar surface area (TPSA) is 50.2 Å². The van der Waals surface area contributed by atoms with Crippen molar-refractivity contribution in [1.29, 1.82) is 0 Å². The van der Waals surface area contributed by atoms with Gasteiger partial charge in [0.1, 0.15) is 11.6 Å². The van der Waals surface area contributed by atoms with Crippen molar-refractivity contribution in [1.82, 2.24) is 4.98 Å². The van der Waals surface area contributed by atoms with Crippen molar-refractivity contribution in [3.05, 3.63) is 102 Å². The molecule has 0 saturated heterocycles. The van der Waals surface area contributed by atoms with Crippen LogP contribution in [0.2, 0.25) is 0 Å². The quantitative estimate of drug-likeness (QED) is 0.160. The Hall–Kier alpha value is -3.17. The predicted octanol–water partition coefficient (Wildman–Crippen LogP) is 6.68. The van der Waals surface area contributed by atoms with Gasteiger partial charge in [0.05, 0.1) is 5.76 Å². The number of allylic oxidation sites excluding steroid dienone is 2. The van der Waals surface area contributed by atoms with Crippen LogP contribution in [0.5, 0.6) is 0 Å². The third-order valence-corrected chi connectivity index (χ3v) is 4.38. The molecule has 0 unspecified atom stereocenters. The molecule has 4 aromatic rings. The maximum Gasteiger partial charge on any atom is 0.155 e. The molecule has 0 aliphatic carbocycles. The van der Waals surface area contributed by atoms with Crippen LogP contribution in [0.3, 0.4) is 0 Å². The second-order valence-corrected chi connectivity index (χ2v) is 6.89. The van der Waals surface area contributed by atoms with Gasteiger partial charge in [-0.2, -0.15) is 0 Å². The molecule has 6 heteroatoms. The van der Waals surface area contributed by atoms with Crippen LogP contribution in [-0.4, -0.2) is 15.9 Å². The van der Waals surface area contributed by atoms with E-state index in [9.17, 15) is 13.6 Å². The number of benzene rings is 3. The van der Waals surface area contributed by atoms with Gasteiger partial charge < -0.3 is 5.11 Å². The van der Waals surface area contributed by atoms with Gasteiger partial charge in [0.25, 0.3) is 0 Å². The van der Waals surface area contributed by atoms with Crippen LogP contribution in [0.1, 0.15) is 13.8 Å². The molecular weight excluding hydrogens is 591 g/mol. The molecule has 0 atom stereocenters. The van der Waals surface area contributed by atoms with Crippen molar-refractivity contribution < 1.29 is 39.7 Å². The number of halogens is 2. The summed E-state index contributed by atoms with van der Waals surface area (Å²) < 4.78 is 27.2. The van der Waals surface area contributed by atoms with Crippen LogP contribution in [0, 0.1) is 17.7 Å². The molecular formula is C26H20F2NO2Pt-. The molecule has 0 amide bonds. The number of aromatic nitrogens is 1. The summed E-state index contributed by atoms with van der Waals surface area (Å²) in [6, 6.07) is 21.9. The van der Waals surface area contributed by atoms with E-state index >= 15 is 0 Å². The first kappa shape index (κ1) is 25.1. The Kier molecular flexibility index (Phi) is 8.98. The van der Waals surface area contributed by atoms with Gasteiger partial charge in [-0.25, -0.2) is 8.78 Å². The van der Waals surface area contributed by atoms with Crippen molar-refractivity contribution in [2.24, 2.45) is 0 Å². The van der Waals surface area contributed by atoms with Gasteiger partial charge in [0, 0.05) is 44.9 Å². The van der Waals surface area contributed by atoms with Crippen LogP contribution in [0.4, 0.5) is 8.78 Å². The van der Waals surface area contributed by atoms with E-state index in [2.05, 4.69) is 11.1 Å². The smallest absolute Gasteiger partial charge is 0.155 e. The number of aliphatic hydroxyl groups is 1. The Labute approximate surface area is 199 Å². The number of ketones is 1. The second kappa shape index (κ2) is 11.4. The number of carbonyl (C=O) groups excluding carboxylic acids is 1. The molecule has 0 fully saturated rings. The Morgan fingerprint density at radius 2 is 1.75 bits per heavy atom. The van der Waals surface area contributed by atoms with Gasteiger partial charge in [-0.05, 0) is 36.9 Å². The average Bonchev–Trinajstić information content (AvgIpc) is 2.73. The van der Waals surface area contributed by atoms with Crippen molar-refractivity contribution in [2.45, 2.75) is 13.8 Å². The SMILES string of the molecule is CC(=O)/C=C(/C)O.Fc1ccc(-c2cc[c-]c(-c3cccc4cccnc34)c2)c(F)c1.[Pt]. The Balaban J connectivity index is 0.000000398. The molecule has 0 radical (unpaired) electrons. The molecule has 166 valence electrons. The third kappa shape index (κ3) is 6.41. The zero-order valence-corrected chi connectivity index (χ0v) is 19.7. The minimum Gasteiger partial charge on any atom is -0.512 e. The first-order chi connectivity index (χ1) is 14.8. The molecule has 3 aromatic carbocycles. The number of pyridine rings is 1. The summed E-state index contributed by atoms with van der Waals surface area (Å²) >= 11 is 0. The largest absolute Gasteiger partial charge is 0.512 e. The van der Waals surface area contributed by atoms with E-state index in [0.29, 0.717) is 11.1 Å². The minimum atomic E-state index is -0.586. The number of fused-ring (bicyclic) bond motifs is 1. The number of aliphatic hydroxyl groups excluding tert-OH is 1. The Morgan fingerprint density at radius 1 is 1.00 bits per heavy atom. The summed E-state index contributed by atoms with van der Waals surface area (Å²) in [6.45, 7) is 2.85. The molecule has 0 bridgehead atoms. The first-order valence-electron chi connectivity index (χ1n) is 9.54. The van der Waals surface area contributed by atoms with Crippen molar-refractivity contribution >= 4 is 16.7 Å². The van der Waals surface area contributed by atoms with E-state index in [0.717, 1.165) is 28.1 Å². The Morgan fingerprint density at radius 3 is 2.41 bits per heavy atom. The zero-order chi connectivity index (χ0) is 22.4. The zero-order valence-electron chi connectivity index (χ0n) is 17.4. The molecule has 0 aliphatic heterocycles. The normalized spacial score (nSPS) is 10.7. The number of hydrogen-bond donors (Lipinski definition) is 1. The summed E-state index contributed by atoms with van der Waals surface area (Å²) in [7, 11) is 0. The molecule has 0 saturated carbocycles. The summed E-state index contributed by atoms with van der Waals surface area (Å²) in [6.07, 6.45) is 2.91. The fourth-order valence-corrected chi connectivity index (χ4v) is 3.13. The summed E-state index contributed by atoms with van der Waals surface area (Å²) in [5.74, 6) is -1.23. The molecule has 4 rings (SSSR count). The van der Waals surface area contributed by atoms with Crippen LogP contribution in [0.15, 0.2) is 84.8 Å². The second-order valence-electron chi connectivity index (χ2n) is 6.89. The molecule has 1 N–H and O–H groups in total. The van der Waals surface area contributed by atoms with E-state index in [4.69, 9.17) is 5.11 Å². The molecule has 1 heterocycles. The molecule has 1 aromatic heterocycles. The number of hydrogen-bond acceptors (Lipinski definition) is 3. The van der Waals surface area contributed by atoms with E-state index in [1.54, 1.807) is 18.3 Å². The fourth-order valence-electron chi connectivity index (χ4n) is 3.13. The van der Waals surface area contributed by atoms with Crippen LogP contribution < -0.4 is 0 Å². The maximum atomic E-state index is 14.1. The fraction of sp³-hybridized carbons (Fsp3) is 0.0769.